The van der Waals surface area contributed by atoms with Gasteiger partial charge in [0, 0.05) is 0 Å². The summed E-state index contributed by atoms with van der Waals surface area (Å²) in [6, 6.07) is 8.72. The average molecular weight is 274 g/mol. The van der Waals surface area contributed by atoms with Crippen LogP contribution < -0.4 is 10.2 Å². The van der Waals surface area contributed by atoms with Crippen LogP contribution >= 0.6 is 0 Å². The average Bonchev–Trinajstić information content (AvgIpc) is 2.71. The Bertz CT molecular complexity index is 485. The molecule has 1 aliphatic heterocycles. The molecule has 1 fully saturated rings. The third kappa shape index (κ3) is 3.07. The first kappa shape index (κ1) is 14.7. The highest BCUT2D eigenvalue weighted by molar-refractivity contribution is 6.22. The molecule has 4 heteroatoms. The lowest BCUT2D eigenvalue weighted by Crippen LogP contribution is -2.41. The van der Waals surface area contributed by atoms with Gasteiger partial charge in [-0.1, -0.05) is 39.0 Å². The lowest BCUT2D eigenvalue weighted by molar-refractivity contribution is -0.121. The van der Waals surface area contributed by atoms with Gasteiger partial charge in [0.15, 0.2) is 0 Å². The summed E-state index contributed by atoms with van der Waals surface area (Å²) in [5.74, 6) is 0.761. The molecule has 0 radical (unpaired) electrons. The molecule has 20 heavy (non-hydrogen) atoms. The van der Waals surface area contributed by atoms with E-state index in [4.69, 9.17) is 0 Å². The summed E-state index contributed by atoms with van der Waals surface area (Å²) in [4.78, 5) is 25.7. The van der Waals surface area contributed by atoms with Crippen molar-refractivity contribution in [3.63, 3.8) is 0 Å². The van der Waals surface area contributed by atoms with E-state index in [-0.39, 0.29) is 24.3 Å². The molecule has 0 aromatic heterocycles. The standard InChI is InChI=1S/C16H22N2O2/c1-11(2)12(3)10-17-14-9-15(19)18(16(14)20)13-7-5-4-6-8-13/h4-8,11-12,14,17H,9-10H2,1-3H3. The van der Waals surface area contributed by atoms with Gasteiger partial charge >= 0.3 is 0 Å². The van der Waals surface area contributed by atoms with Crippen molar-refractivity contribution in [1.29, 1.82) is 0 Å². The van der Waals surface area contributed by atoms with E-state index in [1.54, 1.807) is 12.1 Å². The summed E-state index contributed by atoms with van der Waals surface area (Å²) in [5.41, 5.74) is 0.656. The van der Waals surface area contributed by atoms with Gasteiger partial charge in [0.2, 0.25) is 5.91 Å². The molecule has 0 bridgehead atoms. The Morgan fingerprint density at radius 3 is 2.45 bits per heavy atom. The van der Waals surface area contributed by atoms with Crippen LogP contribution in [0.15, 0.2) is 30.3 Å². The lowest BCUT2D eigenvalue weighted by atomic mass is 9.98. The van der Waals surface area contributed by atoms with Crippen LogP contribution in [0.25, 0.3) is 0 Å². The number of rotatable bonds is 5. The van der Waals surface area contributed by atoms with E-state index >= 15 is 0 Å². The van der Waals surface area contributed by atoms with E-state index in [0.29, 0.717) is 17.5 Å². The number of carbonyl (C=O) groups excluding carboxylic acids is 2. The van der Waals surface area contributed by atoms with Crippen molar-refractivity contribution in [1.82, 2.24) is 5.32 Å². The number of benzene rings is 1. The van der Waals surface area contributed by atoms with Crippen LogP contribution in [0.3, 0.4) is 0 Å². The van der Waals surface area contributed by atoms with E-state index in [1.807, 2.05) is 18.2 Å². The quantitative estimate of drug-likeness (QED) is 0.837. The highest BCUT2D eigenvalue weighted by Crippen LogP contribution is 2.22. The topological polar surface area (TPSA) is 49.4 Å². The molecule has 1 saturated heterocycles. The molecule has 2 amide bonds. The molecule has 0 spiro atoms. The number of imide groups is 1. The molecule has 1 aromatic rings. The van der Waals surface area contributed by atoms with Crippen molar-refractivity contribution in [2.75, 3.05) is 11.4 Å². The highest BCUT2D eigenvalue weighted by Gasteiger charge is 2.39. The van der Waals surface area contributed by atoms with Crippen molar-refractivity contribution < 1.29 is 9.59 Å². The van der Waals surface area contributed by atoms with Gasteiger partial charge in [0.05, 0.1) is 18.2 Å². The summed E-state index contributed by atoms with van der Waals surface area (Å²) in [6.45, 7) is 7.21. The van der Waals surface area contributed by atoms with Gasteiger partial charge in [-0.3, -0.25) is 9.59 Å². The minimum Gasteiger partial charge on any atom is -0.305 e. The Morgan fingerprint density at radius 1 is 1.20 bits per heavy atom. The van der Waals surface area contributed by atoms with Gasteiger partial charge < -0.3 is 5.32 Å². The van der Waals surface area contributed by atoms with E-state index in [2.05, 4.69) is 26.1 Å². The summed E-state index contributed by atoms with van der Waals surface area (Å²) < 4.78 is 0. The summed E-state index contributed by atoms with van der Waals surface area (Å²) in [5, 5.41) is 3.23. The third-order valence-electron chi connectivity index (χ3n) is 3.99. The molecule has 2 atom stereocenters. The predicted molar refractivity (Wildman–Crippen MR) is 79.3 cm³/mol. The van der Waals surface area contributed by atoms with E-state index in [0.717, 1.165) is 6.54 Å². The van der Waals surface area contributed by atoms with Crippen molar-refractivity contribution in [2.45, 2.75) is 33.2 Å². The summed E-state index contributed by atoms with van der Waals surface area (Å²) in [6.07, 6.45) is 0.249. The van der Waals surface area contributed by atoms with Crippen LogP contribution in [-0.2, 0) is 9.59 Å². The second-order valence-electron chi connectivity index (χ2n) is 5.79. The molecule has 2 rings (SSSR count). The van der Waals surface area contributed by atoms with Gasteiger partial charge in [-0.05, 0) is 30.5 Å². The monoisotopic (exact) mass is 274 g/mol. The zero-order valence-electron chi connectivity index (χ0n) is 12.3. The Balaban J connectivity index is 2.02. The second kappa shape index (κ2) is 6.18. The van der Waals surface area contributed by atoms with Crippen molar-refractivity contribution >= 4 is 17.5 Å². The zero-order valence-corrected chi connectivity index (χ0v) is 12.3. The molecule has 108 valence electrons. The number of nitrogens with zero attached hydrogens (tertiary/aromatic N) is 1. The van der Waals surface area contributed by atoms with Crippen LogP contribution in [-0.4, -0.2) is 24.4 Å². The smallest absolute Gasteiger partial charge is 0.251 e. The molecule has 1 aromatic carbocycles. The number of anilines is 1. The maximum atomic E-state index is 12.3. The van der Waals surface area contributed by atoms with E-state index in [1.165, 1.54) is 4.90 Å². The normalized spacial score (nSPS) is 20.8. The zero-order chi connectivity index (χ0) is 14.7. The largest absolute Gasteiger partial charge is 0.305 e. The van der Waals surface area contributed by atoms with Crippen LogP contribution in [0, 0.1) is 11.8 Å². The van der Waals surface area contributed by atoms with Crippen LogP contribution in [0.4, 0.5) is 5.69 Å². The fourth-order valence-electron chi connectivity index (χ4n) is 2.20. The van der Waals surface area contributed by atoms with Crippen molar-refractivity contribution in [2.24, 2.45) is 11.8 Å². The third-order valence-corrected chi connectivity index (χ3v) is 3.99. The maximum absolute atomic E-state index is 12.3. The van der Waals surface area contributed by atoms with Gasteiger partial charge in [0.25, 0.3) is 5.91 Å². The van der Waals surface area contributed by atoms with Gasteiger partial charge in [-0.15, -0.1) is 0 Å². The molecular formula is C16H22N2O2. The van der Waals surface area contributed by atoms with Crippen LogP contribution in [0.1, 0.15) is 27.2 Å². The van der Waals surface area contributed by atoms with Gasteiger partial charge in [-0.25, -0.2) is 4.90 Å². The van der Waals surface area contributed by atoms with Crippen molar-refractivity contribution in [3.05, 3.63) is 30.3 Å². The Morgan fingerprint density at radius 2 is 1.85 bits per heavy atom. The molecule has 1 aliphatic rings. The highest BCUT2D eigenvalue weighted by atomic mass is 16.2. The van der Waals surface area contributed by atoms with Crippen molar-refractivity contribution in [3.8, 4) is 0 Å². The molecule has 2 unspecified atom stereocenters. The summed E-state index contributed by atoms with van der Waals surface area (Å²) >= 11 is 0. The van der Waals surface area contributed by atoms with Crippen LogP contribution in [0.5, 0.6) is 0 Å². The minimum absolute atomic E-state index is 0.129. The summed E-state index contributed by atoms with van der Waals surface area (Å²) in [7, 11) is 0. The Hall–Kier alpha value is -1.68. The SMILES string of the molecule is CC(C)C(C)CNC1CC(=O)N(c2ccccc2)C1=O. The fourth-order valence-corrected chi connectivity index (χ4v) is 2.20. The number of nitrogens with one attached hydrogen (secondary N) is 1. The van der Waals surface area contributed by atoms with Gasteiger partial charge in [0.1, 0.15) is 0 Å². The second-order valence-corrected chi connectivity index (χ2v) is 5.79. The number of para-hydroxylation sites is 1. The van der Waals surface area contributed by atoms with Crippen LogP contribution in [0.2, 0.25) is 0 Å². The molecule has 4 nitrogen and oxygen atoms in total. The molecule has 1 N–H and O–H groups in total. The maximum Gasteiger partial charge on any atom is 0.251 e. The first-order chi connectivity index (χ1) is 9.50. The van der Waals surface area contributed by atoms with E-state index in [9.17, 15) is 9.59 Å². The Kier molecular flexibility index (Phi) is 4.55. The van der Waals surface area contributed by atoms with E-state index < -0.39 is 0 Å². The molecule has 1 heterocycles. The predicted octanol–water partition coefficient (Wildman–Crippen LogP) is 2.20. The first-order valence-electron chi connectivity index (χ1n) is 7.16. The first-order valence-corrected chi connectivity index (χ1v) is 7.16. The minimum atomic E-state index is -0.385. The Labute approximate surface area is 120 Å². The molecule has 0 aliphatic carbocycles. The molecular weight excluding hydrogens is 252 g/mol. The number of hydrogen-bond acceptors (Lipinski definition) is 3. The molecule has 0 saturated carbocycles. The number of carbonyl (C=O) groups is 2. The number of amides is 2. The van der Waals surface area contributed by atoms with Gasteiger partial charge in [-0.2, -0.15) is 0 Å². The number of hydrogen-bond donors (Lipinski definition) is 1. The fraction of sp³-hybridized carbons (Fsp3) is 0.500. The lowest BCUT2D eigenvalue weighted by Gasteiger charge is -2.19.